The van der Waals surface area contributed by atoms with Gasteiger partial charge >= 0.3 is 0 Å². The lowest BCUT2D eigenvalue weighted by atomic mass is 10.2. The molecule has 86 valence electrons. The number of hydrogen-bond acceptors (Lipinski definition) is 3. The molecule has 2 rings (SSSR count). The van der Waals surface area contributed by atoms with Gasteiger partial charge in [-0.15, -0.1) is 0 Å². The van der Waals surface area contributed by atoms with Crippen molar-refractivity contribution in [1.29, 1.82) is 0 Å². The molecule has 0 atom stereocenters. The summed E-state index contributed by atoms with van der Waals surface area (Å²) in [6, 6.07) is 4.65. The SMILES string of the molecule is O=Cc1cc(F)cc(N(CCO)C2CC2)c1. The number of halogens is 1. The fourth-order valence-corrected chi connectivity index (χ4v) is 1.85. The molecule has 1 aliphatic rings. The molecule has 0 aliphatic heterocycles. The predicted molar refractivity (Wildman–Crippen MR) is 59.2 cm³/mol. The molecule has 0 amide bonds. The lowest BCUT2D eigenvalue weighted by molar-refractivity contribution is 0.112. The first kappa shape index (κ1) is 11.1. The Morgan fingerprint density at radius 1 is 1.44 bits per heavy atom. The number of carbonyl (C=O) groups excluding carboxylic acids is 1. The van der Waals surface area contributed by atoms with Crippen molar-refractivity contribution in [2.75, 3.05) is 18.1 Å². The van der Waals surface area contributed by atoms with Gasteiger partial charge in [0.25, 0.3) is 0 Å². The van der Waals surface area contributed by atoms with Crippen LogP contribution in [0.5, 0.6) is 0 Å². The minimum Gasteiger partial charge on any atom is -0.395 e. The number of hydrogen-bond donors (Lipinski definition) is 1. The van der Waals surface area contributed by atoms with Gasteiger partial charge in [-0.25, -0.2) is 4.39 Å². The molecule has 1 N–H and O–H groups in total. The van der Waals surface area contributed by atoms with Gasteiger partial charge in [-0.1, -0.05) is 0 Å². The van der Waals surface area contributed by atoms with Crippen LogP contribution in [-0.2, 0) is 0 Å². The van der Waals surface area contributed by atoms with Crippen LogP contribution in [0.2, 0.25) is 0 Å². The van der Waals surface area contributed by atoms with Gasteiger partial charge in [0.1, 0.15) is 12.1 Å². The average Bonchev–Trinajstić information content (AvgIpc) is 3.08. The first-order valence-corrected chi connectivity index (χ1v) is 5.38. The van der Waals surface area contributed by atoms with Gasteiger partial charge in [0, 0.05) is 23.8 Å². The smallest absolute Gasteiger partial charge is 0.150 e. The van der Waals surface area contributed by atoms with Gasteiger partial charge in [0.2, 0.25) is 0 Å². The van der Waals surface area contributed by atoms with Gasteiger partial charge in [-0.3, -0.25) is 4.79 Å². The minimum absolute atomic E-state index is 0.0312. The van der Waals surface area contributed by atoms with Crippen molar-refractivity contribution in [2.24, 2.45) is 0 Å². The summed E-state index contributed by atoms with van der Waals surface area (Å²) in [5, 5.41) is 8.97. The molecule has 0 bridgehead atoms. The number of aliphatic hydroxyl groups excluding tert-OH is 1. The zero-order chi connectivity index (χ0) is 11.5. The highest BCUT2D eigenvalue weighted by Crippen LogP contribution is 2.32. The highest BCUT2D eigenvalue weighted by molar-refractivity contribution is 5.77. The number of carbonyl (C=O) groups is 1. The standard InChI is InChI=1S/C12H14FNO2/c13-10-5-9(8-16)6-12(7-10)14(3-4-15)11-1-2-11/h5-8,11,15H,1-4H2. The van der Waals surface area contributed by atoms with Gasteiger partial charge in [-0.2, -0.15) is 0 Å². The van der Waals surface area contributed by atoms with Crippen molar-refractivity contribution >= 4 is 12.0 Å². The zero-order valence-electron chi connectivity index (χ0n) is 8.90. The zero-order valence-corrected chi connectivity index (χ0v) is 8.90. The molecule has 0 saturated heterocycles. The predicted octanol–water partition coefficient (Wildman–Crippen LogP) is 1.60. The van der Waals surface area contributed by atoms with E-state index in [2.05, 4.69) is 0 Å². The topological polar surface area (TPSA) is 40.5 Å². The van der Waals surface area contributed by atoms with Crippen LogP contribution in [0.1, 0.15) is 23.2 Å². The fraction of sp³-hybridized carbons (Fsp3) is 0.417. The third kappa shape index (κ3) is 2.39. The summed E-state index contributed by atoms with van der Waals surface area (Å²) in [6.45, 7) is 0.510. The van der Waals surface area contributed by atoms with Crippen molar-refractivity contribution in [2.45, 2.75) is 18.9 Å². The second-order valence-electron chi connectivity index (χ2n) is 4.01. The maximum absolute atomic E-state index is 13.3. The van der Waals surface area contributed by atoms with Crippen LogP contribution in [-0.4, -0.2) is 30.6 Å². The van der Waals surface area contributed by atoms with Gasteiger partial charge in [0.15, 0.2) is 0 Å². The van der Waals surface area contributed by atoms with E-state index in [1.54, 1.807) is 6.07 Å². The highest BCUT2D eigenvalue weighted by Gasteiger charge is 2.29. The molecule has 0 unspecified atom stereocenters. The van der Waals surface area contributed by atoms with Crippen LogP contribution < -0.4 is 4.90 Å². The van der Waals surface area contributed by atoms with Crippen molar-refractivity contribution in [3.63, 3.8) is 0 Å². The average molecular weight is 223 g/mol. The summed E-state index contributed by atoms with van der Waals surface area (Å²) in [5.74, 6) is -0.414. The van der Waals surface area contributed by atoms with Crippen LogP contribution in [0.3, 0.4) is 0 Å². The summed E-state index contributed by atoms with van der Waals surface area (Å²) in [4.78, 5) is 12.6. The molecule has 0 aromatic heterocycles. The van der Waals surface area contributed by atoms with Crippen molar-refractivity contribution < 1.29 is 14.3 Å². The molecule has 1 fully saturated rings. The molecule has 3 nitrogen and oxygen atoms in total. The quantitative estimate of drug-likeness (QED) is 0.771. The van der Waals surface area contributed by atoms with Crippen LogP contribution in [0.25, 0.3) is 0 Å². The van der Waals surface area contributed by atoms with Crippen molar-refractivity contribution in [3.8, 4) is 0 Å². The van der Waals surface area contributed by atoms with Gasteiger partial charge in [0.05, 0.1) is 6.61 Å². The lowest BCUT2D eigenvalue weighted by Gasteiger charge is -2.23. The molecule has 4 heteroatoms. The third-order valence-corrected chi connectivity index (χ3v) is 2.70. The van der Waals surface area contributed by atoms with E-state index in [4.69, 9.17) is 5.11 Å². The molecule has 16 heavy (non-hydrogen) atoms. The van der Waals surface area contributed by atoms with E-state index in [0.717, 1.165) is 12.8 Å². The number of rotatable bonds is 5. The fourth-order valence-electron chi connectivity index (χ4n) is 1.85. The molecule has 0 spiro atoms. The third-order valence-electron chi connectivity index (χ3n) is 2.70. The van der Waals surface area contributed by atoms with Crippen LogP contribution in [0.15, 0.2) is 18.2 Å². The van der Waals surface area contributed by atoms with Gasteiger partial charge < -0.3 is 10.0 Å². The number of benzene rings is 1. The maximum atomic E-state index is 13.3. The summed E-state index contributed by atoms with van der Waals surface area (Å²) in [6.07, 6.45) is 2.76. The molecule has 1 aromatic carbocycles. The monoisotopic (exact) mass is 223 g/mol. The molecule has 1 aliphatic carbocycles. The summed E-state index contributed by atoms with van der Waals surface area (Å²) < 4.78 is 13.3. The van der Waals surface area contributed by atoms with E-state index in [1.807, 2.05) is 4.90 Å². The number of anilines is 1. The highest BCUT2D eigenvalue weighted by atomic mass is 19.1. The molecule has 0 radical (unpaired) electrons. The molecule has 0 heterocycles. The van der Waals surface area contributed by atoms with Crippen molar-refractivity contribution in [3.05, 3.63) is 29.6 Å². The Morgan fingerprint density at radius 2 is 2.19 bits per heavy atom. The molecule has 1 saturated carbocycles. The Labute approximate surface area is 93.5 Å². The Hall–Kier alpha value is -1.42. The number of aldehydes is 1. The Balaban J connectivity index is 2.28. The summed E-state index contributed by atoms with van der Waals surface area (Å²) in [5.41, 5.74) is 1.01. The summed E-state index contributed by atoms with van der Waals surface area (Å²) in [7, 11) is 0. The minimum atomic E-state index is -0.414. The Kier molecular flexibility index (Phi) is 3.19. The lowest BCUT2D eigenvalue weighted by Crippen LogP contribution is -2.29. The van der Waals surface area contributed by atoms with E-state index in [9.17, 15) is 9.18 Å². The first-order chi connectivity index (χ1) is 7.74. The number of aliphatic hydroxyl groups is 1. The van der Waals surface area contributed by atoms with Crippen LogP contribution in [0.4, 0.5) is 10.1 Å². The Morgan fingerprint density at radius 3 is 2.75 bits per heavy atom. The van der Waals surface area contributed by atoms with Crippen molar-refractivity contribution in [1.82, 2.24) is 0 Å². The van der Waals surface area contributed by atoms with E-state index < -0.39 is 5.82 Å². The van der Waals surface area contributed by atoms with E-state index in [-0.39, 0.29) is 6.61 Å². The second kappa shape index (κ2) is 4.61. The van der Waals surface area contributed by atoms with E-state index in [0.29, 0.717) is 30.1 Å². The number of nitrogens with zero attached hydrogens (tertiary/aromatic N) is 1. The molecular formula is C12H14FNO2. The Bertz CT molecular complexity index is 391. The van der Waals surface area contributed by atoms with Gasteiger partial charge in [-0.05, 0) is 31.0 Å². The second-order valence-corrected chi connectivity index (χ2v) is 4.01. The largest absolute Gasteiger partial charge is 0.395 e. The van der Waals surface area contributed by atoms with E-state index >= 15 is 0 Å². The first-order valence-electron chi connectivity index (χ1n) is 5.38. The molecule has 1 aromatic rings. The normalized spacial score (nSPS) is 14.9. The van der Waals surface area contributed by atoms with E-state index in [1.165, 1.54) is 12.1 Å². The van der Waals surface area contributed by atoms with Crippen LogP contribution >= 0.6 is 0 Å². The maximum Gasteiger partial charge on any atom is 0.150 e. The van der Waals surface area contributed by atoms with Crippen LogP contribution in [0, 0.1) is 5.82 Å². The molecular weight excluding hydrogens is 209 g/mol. The summed E-state index contributed by atoms with van der Waals surface area (Å²) >= 11 is 0.